The molecule has 1 unspecified atom stereocenters. The molecule has 0 aliphatic carbocycles. The summed E-state index contributed by atoms with van der Waals surface area (Å²) in [5, 5.41) is 0. The monoisotopic (exact) mass is 274 g/mol. The number of aldehydes is 1. The fourth-order valence-electron chi connectivity index (χ4n) is 2.41. The number of Topliss-reactive ketones (excluding diaryl/α,β-unsaturated/α-hetero) is 1. The first-order valence-corrected chi connectivity index (χ1v) is 7.73. The molecule has 0 radical (unpaired) electrons. The van der Waals surface area contributed by atoms with Crippen molar-refractivity contribution >= 4 is 12.1 Å². The van der Waals surface area contributed by atoms with Crippen LogP contribution in [0.4, 0.5) is 0 Å². The lowest BCUT2D eigenvalue weighted by Crippen LogP contribution is -2.09. The van der Waals surface area contributed by atoms with E-state index in [4.69, 9.17) is 0 Å². The van der Waals surface area contributed by atoms with E-state index in [1.54, 1.807) is 0 Å². The molecule has 1 aromatic carbocycles. The fourth-order valence-corrected chi connectivity index (χ4v) is 2.41. The van der Waals surface area contributed by atoms with Gasteiger partial charge in [-0.1, -0.05) is 63.3 Å². The summed E-state index contributed by atoms with van der Waals surface area (Å²) < 4.78 is 0. The van der Waals surface area contributed by atoms with Crippen molar-refractivity contribution in [1.82, 2.24) is 0 Å². The Hall–Kier alpha value is -1.44. The van der Waals surface area contributed by atoms with E-state index in [0.717, 1.165) is 18.3 Å². The molecule has 0 bridgehead atoms. The van der Waals surface area contributed by atoms with Gasteiger partial charge in [0.15, 0.2) is 0 Å². The first-order valence-electron chi connectivity index (χ1n) is 7.73. The Balaban J connectivity index is 2.39. The van der Waals surface area contributed by atoms with E-state index in [0.29, 0.717) is 0 Å². The lowest BCUT2D eigenvalue weighted by molar-refractivity contribution is -0.122. The third kappa shape index (κ3) is 5.68. The van der Waals surface area contributed by atoms with Crippen LogP contribution in [0.1, 0.15) is 69.4 Å². The third-order valence-corrected chi connectivity index (χ3v) is 3.73. The van der Waals surface area contributed by atoms with Gasteiger partial charge in [0.05, 0.1) is 5.92 Å². The Morgan fingerprint density at radius 2 is 1.65 bits per heavy atom. The van der Waals surface area contributed by atoms with E-state index in [1.165, 1.54) is 51.0 Å². The van der Waals surface area contributed by atoms with Crippen LogP contribution in [0.2, 0.25) is 0 Å². The summed E-state index contributed by atoms with van der Waals surface area (Å²) >= 11 is 0. The van der Waals surface area contributed by atoms with Gasteiger partial charge in [-0.2, -0.15) is 0 Å². The Bertz CT molecular complexity index is 406. The predicted octanol–water partition coefficient (Wildman–Crippen LogP) is 4.46. The number of hydrogen-bond donors (Lipinski definition) is 0. The van der Waals surface area contributed by atoms with Crippen LogP contribution in [0.3, 0.4) is 0 Å². The molecule has 0 saturated heterocycles. The molecule has 0 amide bonds. The predicted molar refractivity (Wildman–Crippen MR) is 83.0 cm³/mol. The first-order chi connectivity index (χ1) is 9.69. The zero-order valence-corrected chi connectivity index (χ0v) is 12.7. The van der Waals surface area contributed by atoms with Gasteiger partial charge in [0.1, 0.15) is 12.1 Å². The molecule has 2 heteroatoms. The van der Waals surface area contributed by atoms with Gasteiger partial charge in [-0.05, 0) is 30.9 Å². The number of benzene rings is 1. The smallest absolute Gasteiger partial charge is 0.144 e. The maximum Gasteiger partial charge on any atom is 0.144 e. The Morgan fingerprint density at radius 3 is 2.20 bits per heavy atom. The molecule has 1 rings (SSSR count). The quantitative estimate of drug-likeness (QED) is 0.358. The van der Waals surface area contributed by atoms with Crippen molar-refractivity contribution in [2.24, 2.45) is 0 Å². The van der Waals surface area contributed by atoms with E-state index in [1.807, 2.05) is 24.3 Å². The molecular weight excluding hydrogens is 248 g/mol. The summed E-state index contributed by atoms with van der Waals surface area (Å²) in [5.74, 6) is -0.693. The first kappa shape index (κ1) is 16.6. The van der Waals surface area contributed by atoms with E-state index >= 15 is 0 Å². The van der Waals surface area contributed by atoms with Crippen molar-refractivity contribution < 1.29 is 9.59 Å². The second-order valence-corrected chi connectivity index (χ2v) is 5.48. The number of carbonyl (C=O) groups is 2. The standard InChI is InChI=1S/C18H26O2/c1-3-4-5-6-7-8-9-16-10-12-17(13-11-16)18(14-19)15(2)20/h10-14,18H,3-9H2,1-2H3. The van der Waals surface area contributed by atoms with Gasteiger partial charge in [-0.15, -0.1) is 0 Å². The third-order valence-electron chi connectivity index (χ3n) is 3.73. The summed E-state index contributed by atoms with van der Waals surface area (Å²) in [5.41, 5.74) is 2.09. The average Bonchev–Trinajstić information content (AvgIpc) is 2.44. The van der Waals surface area contributed by atoms with Crippen molar-refractivity contribution in [3.63, 3.8) is 0 Å². The van der Waals surface area contributed by atoms with Crippen molar-refractivity contribution in [3.8, 4) is 0 Å². The SMILES string of the molecule is CCCCCCCCc1ccc(C(C=O)C(C)=O)cc1. The van der Waals surface area contributed by atoms with Crippen LogP contribution in [0.25, 0.3) is 0 Å². The molecule has 1 atom stereocenters. The molecule has 1 aromatic rings. The summed E-state index contributed by atoms with van der Waals surface area (Å²) in [6.45, 7) is 3.69. The topological polar surface area (TPSA) is 34.1 Å². The van der Waals surface area contributed by atoms with E-state index in [2.05, 4.69) is 6.92 Å². The Labute approximate surface area is 122 Å². The van der Waals surface area contributed by atoms with Gasteiger partial charge in [0.2, 0.25) is 0 Å². The zero-order chi connectivity index (χ0) is 14.8. The van der Waals surface area contributed by atoms with Crippen molar-refractivity contribution in [2.75, 3.05) is 0 Å². The van der Waals surface area contributed by atoms with E-state index in [-0.39, 0.29) is 5.78 Å². The fraction of sp³-hybridized carbons (Fsp3) is 0.556. The minimum atomic E-state index is -0.599. The largest absolute Gasteiger partial charge is 0.302 e. The second-order valence-electron chi connectivity index (χ2n) is 5.48. The van der Waals surface area contributed by atoms with Crippen LogP contribution < -0.4 is 0 Å². The van der Waals surface area contributed by atoms with E-state index < -0.39 is 5.92 Å². The summed E-state index contributed by atoms with van der Waals surface area (Å²) in [6.07, 6.45) is 9.60. The number of rotatable bonds is 10. The average molecular weight is 274 g/mol. The minimum Gasteiger partial charge on any atom is -0.302 e. The highest BCUT2D eigenvalue weighted by Crippen LogP contribution is 2.17. The van der Waals surface area contributed by atoms with Crippen molar-refractivity contribution in [2.45, 2.75) is 64.7 Å². The molecule has 20 heavy (non-hydrogen) atoms. The lowest BCUT2D eigenvalue weighted by atomic mass is 9.95. The molecule has 0 aliphatic heterocycles. The van der Waals surface area contributed by atoms with Crippen molar-refractivity contribution in [1.29, 1.82) is 0 Å². The zero-order valence-electron chi connectivity index (χ0n) is 12.7. The van der Waals surface area contributed by atoms with Crippen LogP contribution in [0.15, 0.2) is 24.3 Å². The Kier molecular flexibility index (Phi) is 7.86. The van der Waals surface area contributed by atoms with E-state index in [9.17, 15) is 9.59 Å². The second kappa shape index (κ2) is 9.46. The molecular formula is C18H26O2. The van der Waals surface area contributed by atoms with Gasteiger partial charge >= 0.3 is 0 Å². The lowest BCUT2D eigenvalue weighted by Gasteiger charge is -2.08. The summed E-state index contributed by atoms with van der Waals surface area (Å²) in [7, 11) is 0. The van der Waals surface area contributed by atoms with Gasteiger partial charge in [0.25, 0.3) is 0 Å². The molecule has 0 N–H and O–H groups in total. The molecule has 0 saturated carbocycles. The highest BCUT2D eigenvalue weighted by atomic mass is 16.1. The van der Waals surface area contributed by atoms with Gasteiger partial charge in [-0.3, -0.25) is 4.79 Å². The molecule has 0 spiro atoms. The van der Waals surface area contributed by atoms with Crippen LogP contribution >= 0.6 is 0 Å². The molecule has 0 fully saturated rings. The number of aryl methyl sites for hydroxylation is 1. The highest BCUT2D eigenvalue weighted by Gasteiger charge is 2.14. The number of ketones is 1. The minimum absolute atomic E-state index is 0.0938. The molecule has 110 valence electrons. The van der Waals surface area contributed by atoms with Gasteiger partial charge < -0.3 is 4.79 Å². The number of hydrogen-bond acceptors (Lipinski definition) is 2. The summed E-state index contributed by atoms with van der Waals surface area (Å²) in [6, 6.07) is 7.90. The van der Waals surface area contributed by atoms with Crippen molar-refractivity contribution in [3.05, 3.63) is 35.4 Å². The molecule has 0 aromatic heterocycles. The summed E-state index contributed by atoms with van der Waals surface area (Å²) in [4.78, 5) is 22.2. The van der Waals surface area contributed by atoms with Crippen LogP contribution in [-0.2, 0) is 16.0 Å². The molecule has 0 aliphatic rings. The number of unbranched alkanes of at least 4 members (excludes halogenated alkanes) is 5. The van der Waals surface area contributed by atoms with Crippen LogP contribution in [-0.4, -0.2) is 12.1 Å². The molecule has 2 nitrogen and oxygen atoms in total. The number of carbonyl (C=O) groups excluding carboxylic acids is 2. The maximum absolute atomic E-state index is 11.3. The highest BCUT2D eigenvalue weighted by molar-refractivity contribution is 5.97. The Morgan fingerprint density at radius 1 is 1.05 bits per heavy atom. The van der Waals surface area contributed by atoms with Gasteiger partial charge in [0, 0.05) is 0 Å². The van der Waals surface area contributed by atoms with Crippen LogP contribution in [0, 0.1) is 0 Å². The maximum atomic E-state index is 11.3. The molecule has 0 heterocycles. The normalized spacial score (nSPS) is 12.1. The van der Waals surface area contributed by atoms with Gasteiger partial charge in [-0.25, -0.2) is 0 Å². The van der Waals surface area contributed by atoms with Crippen LogP contribution in [0.5, 0.6) is 0 Å².